The van der Waals surface area contributed by atoms with Crippen LogP contribution < -0.4 is 0 Å². The maximum Gasteiger partial charge on any atom is 0.424 e. The van der Waals surface area contributed by atoms with Gasteiger partial charge in [0.2, 0.25) is 0 Å². The molecule has 78 valence electrons. The van der Waals surface area contributed by atoms with Crippen molar-refractivity contribution in [1.29, 1.82) is 0 Å². The van der Waals surface area contributed by atoms with Crippen molar-refractivity contribution in [3.05, 3.63) is 0 Å². The highest BCUT2D eigenvalue weighted by Gasteiger charge is 2.15. The molecule has 0 aliphatic rings. The molecule has 0 aromatic carbocycles. The van der Waals surface area contributed by atoms with E-state index in [0.29, 0.717) is 6.61 Å². The van der Waals surface area contributed by atoms with Crippen LogP contribution >= 0.6 is 0 Å². The summed E-state index contributed by atoms with van der Waals surface area (Å²) >= 11 is 0. The predicted octanol–water partition coefficient (Wildman–Crippen LogP) is 1.72. The van der Waals surface area contributed by atoms with Gasteiger partial charge in [0, 0.05) is 20.6 Å². The van der Waals surface area contributed by atoms with Crippen molar-refractivity contribution in [3.63, 3.8) is 0 Å². The van der Waals surface area contributed by atoms with E-state index in [9.17, 15) is 4.79 Å². The number of amides is 1. The first kappa shape index (κ1) is 12.2. The Morgan fingerprint density at radius 3 is 2.31 bits per heavy atom. The Morgan fingerprint density at radius 2 is 1.92 bits per heavy atom. The van der Waals surface area contributed by atoms with Gasteiger partial charge in [0.1, 0.15) is 0 Å². The summed E-state index contributed by atoms with van der Waals surface area (Å²) in [5.74, 6) is 0. The SMILES string of the molecule is CCCCN(C(=O)OCC)N(C)C. The van der Waals surface area contributed by atoms with Crippen molar-refractivity contribution in [2.45, 2.75) is 26.7 Å². The van der Waals surface area contributed by atoms with Gasteiger partial charge in [0.15, 0.2) is 0 Å². The molecular formula is C9H20N2O2. The number of carbonyl (C=O) groups excluding carboxylic acids is 1. The summed E-state index contributed by atoms with van der Waals surface area (Å²) in [6.45, 7) is 5.06. The number of hydrogen-bond donors (Lipinski definition) is 0. The molecule has 4 nitrogen and oxygen atoms in total. The molecule has 0 radical (unpaired) electrons. The molecule has 4 heteroatoms. The van der Waals surface area contributed by atoms with E-state index in [1.54, 1.807) is 10.0 Å². The van der Waals surface area contributed by atoms with Gasteiger partial charge in [0.05, 0.1) is 6.61 Å². The normalized spacial score (nSPS) is 10.2. The predicted molar refractivity (Wildman–Crippen MR) is 52.3 cm³/mol. The molecular weight excluding hydrogens is 168 g/mol. The number of unbranched alkanes of at least 4 members (excludes halogenated alkanes) is 1. The van der Waals surface area contributed by atoms with Crippen molar-refractivity contribution in [2.75, 3.05) is 27.2 Å². The minimum absolute atomic E-state index is 0.263. The topological polar surface area (TPSA) is 32.8 Å². The molecule has 0 saturated heterocycles. The second-order valence-corrected chi connectivity index (χ2v) is 3.02. The van der Waals surface area contributed by atoms with Gasteiger partial charge in [-0.3, -0.25) is 0 Å². The summed E-state index contributed by atoms with van der Waals surface area (Å²) in [6.07, 6.45) is 1.81. The maximum absolute atomic E-state index is 11.4. The second-order valence-electron chi connectivity index (χ2n) is 3.02. The van der Waals surface area contributed by atoms with Gasteiger partial charge in [0.25, 0.3) is 0 Å². The molecule has 0 N–H and O–H groups in total. The van der Waals surface area contributed by atoms with E-state index in [-0.39, 0.29) is 6.09 Å². The maximum atomic E-state index is 11.4. The molecule has 0 aromatic heterocycles. The minimum Gasteiger partial charge on any atom is -0.449 e. The average Bonchev–Trinajstić information content (AvgIpc) is 2.05. The van der Waals surface area contributed by atoms with E-state index < -0.39 is 0 Å². The highest BCUT2D eigenvalue weighted by Crippen LogP contribution is 2.00. The number of nitrogens with zero attached hydrogens (tertiary/aromatic N) is 2. The van der Waals surface area contributed by atoms with Gasteiger partial charge in [-0.15, -0.1) is 0 Å². The summed E-state index contributed by atoms with van der Waals surface area (Å²) in [6, 6.07) is 0. The van der Waals surface area contributed by atoms with Crippen molar-refractivity contribution >= 4 is 6.09 Å². The molecule has 0 heterocycles. The highest BCUT2D eigenvalue weighted by molar-refractivity contribution is 5.66. The van der Waals surface area contributed by atoms with Crippen molar-refractivity contribution in [2.24, 2.45) is 0 Å². The smallest absolute Gasteiger partial charge is 0.424 e. The molecule has 0 saturated carbocycles. The fraction of sp³-hybridized carbons (Fsp3) is 0.889. The van der Waals surface area contributed by atoms with Gasteiger partial charge in [-0.25, -0.2) is 14.8 Å². The van der Waals surface area contributed by atoms with Gasteiger partial charge < -0.3 is 4.74 Å². The third-order valence-corrected chi connectivity index (χ3v) is 1.68. The Bertz CT molecular complexity index is 149. The number of hydrogen-bond acceptors (Lipinski definition) is 3. The van der Waals surface area contributed by atoms with Crippen LogP contribution in [0, 0.1) is 0 Å². The Morgan fingerprint density at radius 1 is 1.31 bits per heavy atom. The van der Waals surface area contributed by atoms with Gasteiger partial charge in [-0.2, -0.15) is 0 Å². The average molecular weight is 188 g/mol. The Labute approximate surface area is 80.4 Å². The molecule has 0 rings (SSSR count). The van der Waals surface area contributed by atoms with Crippen LogP contribution in [0.2, 0.25) is 0 Å². The first-order valence-corrected chi connectivity index (χ1v) is 4.75. The Balaban J connectivity index is 3.99. The van der Waals surface area contributed by atoms with E-state index in [0.717, 1.165) is 19.4 Å². The third kappa shape index (κ3) is 4.72. The Hall–Kier alpha value is -0.770. The van der Waals surface area contributed by atoms with Crippen molar-refractivity contribution < 1.29 is 9.53 Å². The fourth-order valence-corrected chi connectivity index (χ4v) is 0.960. The minimum atomic E-state index is -0.263. The van der Waals surface area contributed by atoms with Crippen molar-refractivity contribution in [3.8, 4) is 0 Å². The molecule has 0 spiro atoms. The number of hydrazine groups is 1. The monoisotopic (exact) mass is 188 g/mol. The van der Waals surface area contributed by atoms with Crippen LogP contribution in [0.25, 0.3) is 0 Å². The lowest BCUT2D eigenvalue weighted by molar-refractivity contribution is 0.0129. The molecule has 0 atom stereocenters. The lowest BCUT2D eigenvalue weighted by Gasteiger charge is -2.27. The molecule has 1 amide bonds. The van der Waals surface area contributed by atoms with Gasteiger partial charge in [-0.1, -0.05) is 13.3 Å². The largest absolute Gasteiger partial charge is 0.449 e. The van der Waals surface area contributed by atoms with Crippen LogP contribution in [0.1, 0.15) is 26.7 Å². The molecule has 0 aliphatic heterocycles. The molecule has 0 bridgehead atoms. The standard InChI is InChI=1S/C9H20N2O2/c1-5-7-8-11(10(3)4)9(12)13-6-2/h5-8H2,1-4H3. The zero-order valence-electron chi connectivity index (χ0n) is 9.04. The zero-order chi connectivity index (χ0) is 10.3. The van der Waals surface area contributed by atoms with Crippen LogP contribution in [-0.4, -0.2) is 43.4 Å². The summed E-state index contributed by atoms with van der Waals surface area (Å²) in [5.41, 5.74) is 0. The van der Waals surface area contributed by atoms with E-state index in [1.165, 1.54) is 0 Å². The quantitative estimate of drug-likeness (QED) is 0.616. The third-order valence-electron chi connectivity index (χ3n) is 1.68. The first-order chi connectivity index (χ1) is 6.13. The van der Waals surface area contributed by atoms with Crippen LogP contribution in [-0.2, 0) is 4.74 Å². The molecule has 0 unspecified atom stereocenters. The fourth-order valence-electron chi connectivity index (χ4n) is 0.960. The van der Waals surface area contributed by atoms with Gasteiger partial charge >= 0.3 is 6.09 Å². The number of rotatable bonds is 5. The van der Waals surface area contributed by atoms with Gasteiger partial charge in [-0.05, 0) is 13.3 Å². The van der Waals surface area contributed by atoms with Crippen LogP contribution in [0.4, 0.5) is 4.79 Å². The van der Waals surface area contributed by atoms with E-state index in [1.807, 2.05) is 21.0 Å². The highest BCUT2D eigenvalue weighted by atomic mass is 16.6. The van der Waals surface area contributed by atoms with E-state index in [2.05, 4.69) is 6.92 Å². The van der Waals surface area contributed by atoms with Crippen LogP contribution in [0.5, 0.6) is 0 Å². The second kappa shape index (κ2) is 6.71. The summed E-state index contributed by atoms with van der Waals surface area (Å²) < 4.78 is 4.91. The van der Waals surface area contributed by atoms with E-state index >= 15 is 0 Å². The number of carbonyl (C=O) groups is 1. The molecule has 13 heavy (non-hydrogen) atoms. The molecule has 0 aromatic rings. The molecule has 0 fully saturated rings. The summed E-state index contributed by atoms with van der Waals surface area (Å²) in [4.78, 5) is 11.4. The van der Waals surface area contributed by atoms with Crippen LogP contribution in [0.3, 0.4) is 0 Å². The van der Waals surface area contributed by atoms with Crippen molar-refractivity contribution in [1.82, 2.24) is 10.0 Å². The van der Waals surface area contributed by atoms with E-state index in [4.69, 9.17) is 4.74 Å². The van der Waals surface area contributed by atoms with Crippen LogP contribution in [0.15, 0.2) is 0 Å². The lowest BCUT2D eigenvalue weighted by atomic mass is 10.3. The lowest BCUT2D eigenvalue weighted by Crippen LogP contribution is -2.42. The molecule has 0 aliphatic carbocycles. The zero-order valence-corrected chi connectivity index (χ0v) is 9.04. The first-order valence-electron chi connectivity index (χ1n) is 4.75. The summed E-state index contributed by atoms with van der Waals surface area (Å²) in [7, 11) is 3.68. The number of ether oxygens (including phenoxy) is 1. The summed E-state index contributed by atoms with van der Waals surface area (Å²) in [5, 5.41) is 3.36. The Kier molecular flexibility index (Phi) is 6.32.